The lowest BCUT2D eigenvalue weighted by atomic mass is 9.85. The summed E-state index contributed by atoms with van der Waals surface area (Å²) in [5.41, 5.74) is 4.25. The fraction of sp³-hybridized carbons (Fsp3) is 0.500. The lowest BCUT2D eigenvalue weighted by molar-refractivity contribution is -0.183. The minimum Gasteiger partial charge on any atom is -0.484 e. The molecule has 0 aliphatic heterocycles. The Bertz CT molecular complexity index is 625. The quantitative estimate of drug-likeness (QED) is 0.632. The first-order chi connectivity index (χ1) is 12.2. The molecule has 1 aliphatic carbocycles. The number of hydrogen-bond acceptors (Lipinski definition) is 3. The SMILES string of the molecule is O=C(COc1ccc(Br)cc1)NNC(=O)NC1CCCC(C(F)(F)F)C1. The molecule has 2 atom stereocenters. The van der Waals surface area contributed by atoms with Gasteiger partial charge in [0.1, 0.15) is 5.75 Å². The second-order valence-electron chi connectivity index (χ2n) is 5.99. The predicted molar refractivity (Wildman–Crippen MR) is 91.2 cm³/mol. The third kappa shape index (κ3) is 6.74. The Morgan fingerprint density at radius 2 is 1.85 bits per heavy atom. The highest BCUT2D eigenvalue weighted by Crippen LogP contribution is 2.37. The first kappa shape index (κ1) is 20.3. The molecule has 1 saturated carbocycles. The maximum absolute atomic E-state index is 12.8. The zero-order valence-corrected chi connectivity index (χ0v) is 15.3. The number of rotatable bonds is 4. The fourth-order valence-electron chi connectivity index (χ4n) is 2.68. The molecular formula is C16H19BrF3N3O3. The summed E-state index contributed by atoms with van der Waals surface area (Å²) in [7, 11) is 0. The van der Waals surface area contributed by atoms with E-state index in [9.17, 15) is 22.8 Å². The molecule has 26 heavy (non-hydrogen) atoms. The molecule has 1 aromatic carbocycles. The summed E-state index contributed by atoms with van der Waals surface area (Å²) in [6, 6.07) is 5.49. The van der Waals surface area contributed by atoms with Gasteiger partial charge in [-0.2, -0.15) is 13.2 Å². The van der Waals surface area contributed by atoms with Gasteiger partial charge in [0.05, 0.1) is 5.92 Å². The van der Waals surface area contributed by atoms with Gasteiger partial charge in [0.15, 0.2) is 6.61 Å². The van der Waals surface area contributed by atoms with Crippen LogP contribution in [-0.4, -0.2) is 30.8 Å². The van der Waals surface area contributed by atoms with Crippen molar-refractivity contribution in [2.24, 2.45) is 5.92 Å². The molecule has 0 aromatic heterocycles. The average molecular weight is 438 g/mol. The van der Waals surface area contributed by atoms with Gasteiger partial charge in [-0.3, -0.25) is 10.2 Å². The topological polar surface area (TPSA) is 79.5 Å². The number of hydrogen-bond donors (Lipinski definition) is 3. The summed E-state index contributed by atoms with van der Waals surface area (Å²) in [5, 5.41) is 2.45. The maximum atomic E-state index is 12.8. The zero-order chi connectivity index (χ0) is 19.2. The Hall–Kier alpha value is -1.97. The molecule has 0 bridgehead atoms. The largest absolute Gasteiger partial charge is 0.484 e. The lowest BCUT2D eigenvalue weighted by Crippen LogP contribution is -2.52. The van der Waals surface area contributed by atoms with E-state index in [2.05, 4.69) is 32.1 Å². The highest BCUT2D eigenvalue weighted by atomic mass is 79.9. The van der Waals surface area contributed by atoms with E-state index in [1.54, 1.807) is 24.3 Å². The van der Waals surface area contributed by atoms with Crippen molar-refractivity contribution in [3.8, 4) is 5.75 Å². The van der Waals surface area contributed by atoms with Crippen molar-refractivity contribution in [1.29, 1.82) is 0 Å². The van der Waals surface area contributed by atoms with Gasteiger partial charge in [0.2, 0.25) is 0 Å². The van der Waals surface area contributed by atoms with Gasteiger partial charge >= 0.3 is 12.2 Å². The van der Waals surface area contributed by atoms with Crippen molar-refractivity contribution >= 4 is 27.9 Å². The Labute approximate surface area is 156 Å². The van der Waals surface area contributed by atoms with E-state index in [1.165, 1.54) is 0 Å². The fourth-order valence-corrected chi connectivity index (χ4v) is 2.95. The molecule has 2 rings (SSSR count). The first-order valence-corrected chi connectivity index (χ1v) is 8.84. The number of carbonyl (C=O) groups excluding carboxylic acids is 2. The third-order valence-electron chi connectivity index (χ3n) is 3.97. The van der Waals surface area contributed by atoms with Crippen LogP contribution in [0, 0.1) is 5.92 Å². The van der Waals surface area contributed by atoms with E-state index in [-0.39, 0.29) is 19.4 Å². The third-order valence-corrected chi connectivity index (χ3v) is 4.50. The van der Waals surface area contributed by atoms with Crippen LogP contribution in [-0.2, 0) is 4.79 Å². The highest BCUT2D eigenvalue weighted by Gasteiger charge is 2.42. The van der Waals surface area contributed by atoms with Gasteiger partial charge in [-0.15, -0.1) is 0 Å². The molecule has 10 heteroatoms. The normalized spacial score (nSPS) is 20.2. The molecule has 3 amide bonds. The minimum atomic E-state index is -4.25. The summed E-state index contributed by atoms with van der Waals surface area (Å²) >= 11 is 3.27. The van der Waals surface area contributed by atoms with Crippen LogP contribution in [0.3, 0.4) is 0 Å². The molecule has 3 N–H and O–H groups in total. The van der Waals surface area contributed by atoms with Crippen LogP contribution in [0.15, 0.2) is 28.7 Å². The van der Waals surface area contributed by atoms with Gasteiger partial charge in [0.25, 0.3) is 5.91 Å². The number of carbonyl (C=O) groups is 2. The number of nitrogens with one attached hydrogen (secondary N) is 3. The number of hydrazine groups is 1. The van der Waals surface area contributed by atoms with Crippen LogP contribution in [0.2, 0.25) is 0 Å². The van der Waals surface area contributed by atoms with Crippen molar-refractivity contribution < 1.29 is 27.5 Å². The van der Waals surface area contributed by atoms with Crippen LogP contribution in [0.5, 0.6) is 5.75 Å². The summed E-state index contributed by atoms with van der Waals surface area (Å²) < 4.78 is 44.3. The van der Waals surface area contributed by atoms with Gasteiger partial charge in [-0.25, -0.2) is 10.2 Å². The number of alkyl halides is 3. The molecule has 1 fully saturated rings. The molecule has 0 saturated heterocycles. The Balaban J connectivity index is 1.67. The summed E-state index contributed by atoms with van der Waals surface area (Å²) in [6.07, 6.45) is -3.47. The van der Waals surface area contributed by atoms with Gasteiger partial charge in [-0.05, 0) is 43.5 Å². The van der Waals surface area contributed by atoms with Crippen molar-refractivity contribution in [3.05, 3.63) is 28.7 Å². The predicted octanol–water partition coefficient (Wildman–Crippen LogP) is 3.28. The van der Waals surface area contributed by atoms with Gasteiger partial charge < -0.3 is 10.1 Å². The molecule has 1 aromatic rings. The smallest absolute Gasteiger partial charge is 0.391 e. The number of benzene rings is 1. The molecule has 144 valence electrons. The van der Waals surface area contributed by atoms with Crippen LogP contribution >= 0.6 is 15.9 Å². The number of urea groups is 1. The average Bonchev–Trinajstić information content (AvgIpc) is 2.59. The molecule has 0 heterocycles. The maximum Gasteiger partial charge on any atom is 0.391 e. The van der Waals surface area contributed by atoms with Crippen LogP contribution in [0.1, 0.15) is 25.7 Å². The monoisotopic (exact) mass is 437 g/mol. The first-order valence-electron chi connectivity index (χ1n) is 8.04. The Morgan fingerprint density at radius 1 is 1.15 bits per heavy atom. The molecule has 0 spiro atoms. The lowest BCUT2D eigenvalue weighted by Gasteiger charge is -2.30. The van der Waals surface area contributed by atoms with Crippen LogP contribution in [0.25, 0.3) is 0 Å². The van der Waals surface area contributed by atoms with E-state index < -0.39 is 30.1 Å². The Morgan fingerprint density at radius 3 is 2.50 bits per heavy atom. The zero-order valence-electron chi connectivity index (χ0n) is 13.7. The van der Waals surface area contributed by atoms with Crippen molar-refractivity contribution in [1.82, 2.24) is 16.2 Å². The van der Waals surface area contributed by atoms with Gasteiger partial charge in [-0.1, -0.05) is 22.4 Å². The molecule has 0 radical (unpaired) electrons. The molecule has 1 aliphatic rings. The minimum absolute atomic E-state index is 0.0768. The molecule has 6 nitrogen and oxygen atoms in total. The van der Waals surface area contributed by atoms with Crippen molar-refractivity contribution in [2.75, 3.05) is 6.61 Å². The van der Waals surface area contributed by atoms with Crippen LogP contribution in [0.4, 0.5) is 18.0 Å². The highest BCUT2D eigenvalue weighted by molar-refractivity contribution is 9.10. The van der Waals surface area contributed by atoms with E-state index in [1.807, 2.05) is 0 Å². The van der Waals surface area contributed by atoms with E-state index in [0.717, 1.165) is 4.47 Å². The molecule has 2 unspecified atom stereocenters. The second-order valence-corrected chi connectivity index (χ2v) is 6.91. The van der Waals surface area contributed by atoms with Gasteiger partial charge in [0, 0.05) is 10.5 Å². The summed E-state index contributed by atoms with van der Waals surface area (Å²) in [5.74, 6) is -1.52. The molecular weight excluding hydrogens is 419 g/mol. The van der Waals surface area contributed by atoms with E-state index in [0.29, 0.717) is 18.6 Å². The van der Waals surface area contributed by atoms with Crippen molar-refractivity contribution in [2.45, 2.75) is 37.9 Å². The summed E-state index contributed by atoms with van der Waals surface area (Å²) in [4.78, 5) is 23.3. The van der Waals surface area contributed by atoms with E-state index >= 15 is 0 Å². The standard InChI is InChI=1S/C16H19BrF3N3O3/c17-11-4-6-13(7-5-11)26-9-14(24)22-23-15(25)21-12-3-1-2-10(8-12)16(18,19)20/h4-7,10,12H,1-3,8-9H2,(H,22,24)(H2,21,23,25). The summed E-state index contributed by atoms with van der Waals surface area (Å²) in [6.45, 7) is -0.318. The van der Waals surface area contributed by atoms with E-state index in [4.69, 9.17) is 4.74 Å². The van der Waals surface area contributed by atoms with Crippen LogP contribution < -0.4 is 20.9 Å². The number of amides is 3. The Kier molecular flexibility index (Phi) is 7.13. The van der Waals surface area contributed by atoms with Crippen molar-refractivity contribution in [3.63, 3.8) is 0 Å². The number of ether oxygens (including phenoxy) is 1. The second kappa shape index (κ2) is 9.11. The number of halogens is 4.